The predicted molar refractivity (Wildman–Crippen MR) is 75.7 cm³/mol. The molecule has 0 saturated carbocycles. The van der Waals surface area contributed by atoms with Gasteiger partial charge in [0.2, 0.25) is 10.0 Å². The quantitative estimate of drug-likeness (QED) is 0.885. The Morgan fingerprint density at radius 2 is 1.59 bits per heavy atom. The molecule has 0 aliphatic carbocycles. The molecule has 0 aromatic heterocycles. The highest BCUT2D eigenvalue weighted by atomic mass is 32.2. The summed E-state index contributed by atoms with van der Waals surface area (Å²) >= 11 is 0. The molecule has 0 atom stereocenters. The first kappa shape index (κ1) is 16.2. The van der Waals surface area contributed by atoms with Gasteiger partial charge in [0.1, 0.15) is 35.6 Å². The van der Waals surface area contributed by atoms with Gasteiger partial charge in [0, 0.05) is 6.07 Å². The number of anilines is 1. The fourth-order valence-corrected chi connectivity index (χ4v) is 2.50. The van der Waals surface area contributed by atoms with E-state index in [1.54, 1.807) is 0 Å². The number of rotatable bonds is 6. The number of hydrogen-bond acceptors (Lipinski definition) is 3. The van der Waals surface area contributed by atoms with Crippen molar-refractivity contribution in [2.45, 2.75) is 0 Å². The summed E-state index contributed by atoms with van der Waals surface area (Å²) in [6.07, 6.45) is 0. The van der Waals surface area contributed by atoms with E-state index in [0.717, 1.165) is 12.1 Å². The average Bonchev–Trinajstić information content (AvgIpc) is 2.44. The lowest BCUT2D eigenvalue weighted by atomic mass is 10.3. The van der Waals surface area contributed by atoms with Gasteiger partial charge in [-0.1, -0.05) is 0 Å². The summed E-state index contributed by atoms with van der Waals surface area (Å²) in [5.74, 6) is -2.39. The van der Waals surface area contributed by atoms with Crippen molar-refractivity contribution in [3.8, 4) is 5.75 Å². The van der Waals surface area contributed by atoms with Crippen LogP contribution in [0.3, 0.4) is 0 Å². The van der Waals surface area contributed by atoms with Crippen LogP contribution in [-0.4, -0.2) is 20.8 Å². The van der Waals surface area contributed by atoms with Gasteiger partial charge in [0.15, 0.2) is 0 Å². The molecule has 0 aliphatic rings. The molecule has 0 amide bonds. The Balaban J connectivity index is 1.92. The smallest absolute Gasteiger partial charge is 0.236 e. The van der Waals surface area contributed by atoms with Crippen LogP contribution in [0.5, 0.6) is 5.75 Å². The largest absolute Gasteiger partial charge is 0.492 e. The minimum absolute atomic E-state index is 0.205. The first-order chi connectivity index (χ1) is 10.4. The lowest BCUT2D eigenvalue weighted by Crippen LogP contribution is -2.21. The molecule has 4 nitrogen and oxygen atoms in total. The van der Waals surface area contributed by atoms with E-state index in [0.29, 0.717) is 11.8 Å². The molecule has 2 aromatic rings. The van der Waals surface area contributed by atoms with Crippen LogP contribution in [0.4, 0.5) is 18.9 Å². The molecule has 0 fully saturated rings. The van der Waals surface area contributed by atoms with Gasteiger partial charge in [-0.05, 0) is 36.4 Å². The van der Waals surface area contributed by atoms with Crippen LogP contribution in [0.1, 0.15) is 0 Å². The topological polar surface area (TPSA) is 55.4 Å². The minimum Gasteiger partial charge on any atom is -0.492 e. The Bertz CT molecular complexity index is 748. The molecule has 0 radical (unpaired) electrons. The third kappa shape index (κ3) is 4.66. The molecule has 0 bridgehead atoms. The molecular weight excluding hydrogens is 319 g/mol. The third-order valence-electron chi connectivity index (χ3n) is 2.63. The SMILES string of the molecule is O=S(=O)(CCOc1ccc(F)cc1)Nc1ccc(F)cc1F. The molecule has 0 spiro atoms. The molecule has 2 aromatic carbocycles. The number of halogens is 3. The summed E-state index contributed by atoms with van der Waals surface area (Å²) in [5.41, 5.74) is -0.344. The maximum absolute atomic E-state index is 13.4. The second-order valence-corrected chi connectivity index (χ2v) is 6.19. The first-order valence-corrected chi connectivity index (χ1v) is 7.85. The maximum atomic E-state index is 13.4. The molecule has 0 saturated heterocycles. The van der Waals surface area contributed by atoms with Gasteiger partial charge in [-0.25, -0.2) is 21.6 Å². The summed E-state index contributed by atoms with van der Waals surface area (Å²) in [7, 11) is -3.86. The molecule has 1 N–H and O–H groups in total. The van der Waals surface area contributed by atoms with E-state index in [4.69, 9.17) is 4.74 Å². The number of benzene rings is 2. The predicted octanol–water partition coefficient (Wildman–Crippen LogP) is 2.92. The minimum atomic E-state index is -3.86. The summed E-state index contributed by atoms with van der Waals surface area (Å²) < 4.78 is 69.5. The van der Waals surface area contributed by atoms with Gasteiger partial charge in [-0.2, -0.15) is 0 Å². The van der Waals surface area contributed by atoms with Crippen LogP contribution in [-0.2, 0) is 10.0 Å². The van der Waals surface area contributed by atoms with Crippen molar-refractivity contribution in [3.05, 3.63) is 59.9 Å². The third-order valence-corrected chi connectivity index (χ3v) is 3.87. The van der Waals surface area contributed by atoms with E-state index in [2.05, 4.69) is 0 Å². The summed E-state index contributed by atoms with van der Waals surface area (Å²) in [5, 5.41) is 0. The summed E-state index contributed by atoms with van der Waals surface area (Å²) in [6.45, 7) is -0.205. The fraction of sp³-hybridized carbons (Fsp3) is 0.143. The number of sulfonamides is 1. The first-order valence-electron chi connectivity index (χ1n) is 6.20. The standard InChI is InChI=1S/C14H12F3NO3S/c15-10-1-4-12(5-2-10)21-7-8-22(19,20)18-14-6-3-11(16)9-13(14)17/h1-6,9,18H,7-8H2. The second kappa shape index (κ2) is 6.69. The zero-order valence-electron chi connectivity index (χ0n) is 11.2. The van der Waals surface area contributed by atoms with Crippen LogP contribution in [0.25, 0.3) is 0 Å². The lowest BCUT2D eigenvalue weighted by Gasteiger charge is -2.10. The molecule has 22 heavy (non-hydrogen) atoms. The van der Waals surface area contributed by atoms with Crippen LogP contribution in [0.15, 0.2) is 42.5 Å². The molecule has 2 rings (SSSR count). The van der Waals surface area contributed by atoms with Crippen LogP contribution in [0, 0.1) is 17.5 Å². The molecule has 0 unspecified atom stereocenters. The highest BCUT2D eigenvalue weighted by Crippen LogP contribution is 2.17. The van der Waals surface area contributed by atoms with E-state index >= 15 is 0 Å². The van der Waals surface area contributed by atoms with E-state index in [1.165, 1.54) is 24.3 Å². The van der Waals surface area contributed by atoms with Crippen molar-refractivity contribution in [2.75, 3.05) is 17.1 Å². The fourth-order valence-electron chi connectivity index (χ4n) is 1.59. The number of ether oxygens (including phenoxy) is 1. The zero-order chi connectivity index (χ0) is 16.2. The Morgan fingerprint density at radius 3 is 2.23 bits per heavy atom. The Morgan fingerprint density at radius 1 is 0.955 bits per heavy atom. The monoisotopic (exact) mass is 331 g/mol. The average molecular weight is 331 g/mol. The van der Waals surface area contributed by atoms with E-state index in [-0.39, 0.29) is 12.3 Å². The second-order valence-electron chi connectivity index (χ2n) is 4.35. The van der Waals surface area contributed by atoms with Gasteiger partial charge in [0.05, 0.1) is 5.69 Å². The van der Waals surface area contributed by atoms with Gasteiger partial charge in [-0.15, -0.1) is 0 Å². The van der Waals surface area contributed by atoms with Crippen LogP contribution in [0.2, 0.25) is 0 Å². The maximum Gasteiger partial charge on any atom is 0.236 e. The Kier molecular flexibility index (Phi) is 4.92. The van der Waals surface area contributed by atoms with Gasteiger partial charge in [-0.3, -0.25) is 4.72 Å². The summed E-state index contributed by atoms with van der Waals surface area (Å²) in [4.78, 5) is 0. The summed E-state index contributed by atoms with van der Waals surface area (Å²) in [6, 6.07) is 7.57. The number of hydrogen-bond donors (Lipinski definition) is 1. The van der Waals surface area contributed by atoms with Crippen LogP contribution < -0.4 is 9.46 Å². The highest BCUT2D eigenvalue weighted by molar-refractivity contribution is 7.92. The van der Waals surface area contributed by atoms with Gasteiger partial charge >= 0.3 is 0 Å². The molecule has 8 heteroatoms. The van der Waals surface area contributed by atoms with Crippen molar-refractivity contribution < 1.29 is 26.3 Å². The molecule has 118 valence electrons. The number of nitrogens with one attached hydrogen (secondary N) is 1. The molecular formula is C14H12F3NO3S. The Labute approximate surface area is 125 Å². The van der Waals surface area contributed by atoms with E-state index in [9.17, 15) is 21.6 Å². The van der Waals surface area contributed by atoms with E-state index in [1.807, 2.05) is 4.72 Å². The lowest BCUT2D eigenvalue weighted by molar-refractivity contribution is 0.340. The van der Waals surface area contributed by atoms with Crippen molar-refractivity contribution in [1.82, 2.24) is 0 Å². The van der Waals surface area contributed by atoms with Crippen molar-refractivity contribution in [1.29, 1.82) is 0 Å². The van der Waals surface area contributed by atoms with Crippen molar-refractivity contribution in [2.24, 2.45) is 0 Å². The molecule has 0 heterocycles. The van der Waals surface area contributed by atoms with Gasteiger partial charge in [0.25, 0.3) is 0 Å². The normalized spacial score (nSPS) is 11.2. The van der Waals surface area contributed by atoms with Crippen molar-refractivity contribution >= 4 is 15.7 Å². The van der Waals surface area contributed by atoms with Gasteiger partial charge < -0.3 is 4.74 Å². The van der Waals surface area contributed by atoms with Crippen molar-refractivity contribution in [3.63, 3.8) is 0 Å². The zero-order valence-corrected chi connectivity index (χ0v) is 12.0. The Hall–Kier alpha value is -2.22. The highest BCUT2D eigenvalue weighted by Gasteiger charge is 2.14. The molecule has 0 aliphatic heterocycles. The van der Waals surface area contributed by atoms with Crippen LogP contribution >= 0.6 is 0 Å². The van der Waals surface area contributed by atoms with E-state index < -0.39 is 33.2 Å².